The summed E-state index contributed by atoms with van der Waals surface area (Å²) in [4.78, 5) is 4.64. The first-order chi connectivity index (χ1) is 9.38. The molecule has 0 bridgehead atoms. The predicted molar refractivity (Wildman–Crippen MR) is 74.9 cm³/mol. The highest BCUT2D eigenvalue weighted by Crippen LogP contribution is 2.22. The number of nitrogens with zero attached hydrogens (tertiary/aromatic N) is 2. The van der Waals surface area contributed by atoms with Gasteiger partial charge < -0.3 is 9.67 Å². The van der Waals surface area contributed by atoms with Crippen LogP contribution >= 0.6 is 0 Å². The Morgan fingerprint density at radius 2 is 1.95 bits per heavy atom. The molecule has 2 heterocycles. The number of hydrogen-bond acceptors (Lipinski definition) is 2. The normalized spacial score (nSPS) is 14.4. The third-order valence-electron chi connectivity index (χ3n) is 3.91. The summed E-state index contributed by atoms with van der Waals surface area (Å²) in [6, 6.07) is 10.5. The van der Waals surface area contributed by atoms with E-state index in [9.17, 15) is 5.11 Å². The predicted octanol–water partition coefficient (Wildman–Crippen LogP) is 2.50. The summed E-state index contributed by atoms with van der Waals surface area (Å²) >= 11 is 0. The Bertz CT molecular complexity index is 545. The molecule has 1 aliphatic heterocycles. The van der Waals surface area contributed by atoms with E-state index in [0.717, 1.165) is 37.3 Å². The van der Waals surface area contributed by atoms with Crippen molar-refractivity contribution < 1.29 is 5.11 Å². The molecule has 3 heteroatoms. The Labute approximate surface area is 113 Å². The second-order valence-corrected chi connectivity index (χ2v) is 5.17. The molecule has 0 saturated carbocycles. The SMILES string of the molecule is OCc1nc(CCc2ccccc2)n2c1CCCC2. The first-order valence-electron chi connectivity index (χ1n) is 7.10. The lowest BCUT2D eigenvalue weighted by Gasteiger charge is -2.17. The molecule has 1 aliphatic rings. The van der Waals surface area contributed by atoms with E-state index in [1.807, 2.05) is 6.07 Å². The number of aliphatic hydroxyl groups excluding tert-OH is 1. The van der Waals surface area contributed by atoms with Crippen molar-refractivity contribution in [2.24, 2.45) is 0 Å². The lowest BCUT2D eigenvalue weighted by Crippen LogP contribution is -2.14. The van der Waals surface area contributed by atoms with Gasteiger partial charge in [-0.05, 0) is 31.2 Å². The molecular weight excluding hydrogens is 236 g/mol. The summed E-state index contributed by atoms with van der Waals surface area (Å²) in [5.41, 5.74) is 3.50. The fraction of sp³-hybridized carbons (Fsp3) is 0.438. The zero-order valence-electron chi connectivity index (χ0n) is 11.2. The van der Waals surface area contributed by atoms with Crippen LogP contribution in [0.3, 0.4) is 0 Å². The molecule has 0 aliphatic carbocycles. The number of aromatic nitrogens is 2. The summed E-state index contributed by atoms with van der Waals surface area (Å²) in [7, 11) is 0. The van der Waals surface area contributed by atoms with Gasteiger partial charge in [0, 0.05) is 18.7 Å². The van der Waals surface area contributed by atoms with Crippen LogP contribution in [0.1, 0.15) is 35.6 Å². The summed E-state index contributed by atoms with van der Waals surface area (Å²) in [5, 5.41) is 9.42. The first kappa shape index (κ1) is 12.4. The molecule has 0 spiro atoms. The molecule has 0 radical (unpaired) electrons. The highest BCUT2D eigenvalue weighted by molar-refractivity contribution is 5.21. The molecule has 0 fully saturated rings. The van der Waals surface area contributed by atoms with E-state index in [2.05, 4.69) is 33.8 Å². The molecule has 0 unspecified atom stereocenters. The molecule has 1 aromatic heterocycles. The average Bonchev–Trinajstić information content (AvgIpc) is 2.84. The second kappa shape index (κ2) is 5.57. The average molecular weight is 256 g/mol. The number of rotatable bonds is 4. The quantitative estimate of drug-likeness (QED) is 0.912. The zero-order chi connectivity index (χ0) is 13.1. The van der Waals surface area contributed by atoms with Gasteiger partial charge in [-0.1, -0.05) is 30.3 Å². The third kappa shape index (κ3) is 2.56. The van der Waals surface area contributed by atoms with Gasteiger partial charge in [0.2, 0.25) is 0 Å². The van der Waals surface area contributed by atoms with E-state index in [0.29, 0.717) is 0 Å². The van der Waals surface area contributed by atoms with Gasteiger partial charge in [-0.3, -0.25) is 0 Å². The molecule has 1 aromatic carbocycles. The van der Waals surface area contributed by atoms with Crippen molar-refractivity contribution in [3.05, 3.63) is 53.1 Å². The molecule has 19 heavy (non-hydrogen) atoms. The lowest BCUT2D eigenvalue weighted by molar-refractivity contribution is 0.275. The number of aliphatic hydroxyl groups is 1. The minimum Gasteiger partial charge on any atom is -0.390 e. The van der Waals surface area contributed by atoms with E-state index >= 15 is 0 Å². The van der Waals surface area contributed by atoms with E-state index in [4.69, 9.17) is 0 Å². The summed E-state index contributed by atoms with van der Waals surface area (Å²) in [6.07, 6.45) is 5.48. The monoisotopic (exact) mass is 256 g/mol. The van der Waals surface area contributed by atoms with E-state index in [1.165, 1.54) is 24.1 Å². The molecule has 3 rings (SSSR count). The smallest absolute Gasteiger partial charge is 0.109 e. The Balaban J connectivity index is 1.79. The minimum absolute atomic E-state index is 0.0701. The molecule has 0 saturated heterocycles. The van der Waals surface area contributed by atoms with Gasteiger partial charge >= 0.3 is 0 Å². The Morgan fingerprint density at radius 1 is 1.11 bits per heavy atom. The Morgan fingerprint density at radius 3 is 2.74 bits per heavy atom. The molecular formula is C16H20N2O. The van der Waals surface area contributed by atoms with Gasteiger partial charge in [0.15, 0.2) is 0 Å². The van der Waals surface area contributed by atoms with Gasteiger partial charge in [0.1, 0.15) is 5.82 Å². The van der Waals surface area contributed by atoms with Crippen molar-refractivity contribution in [2.75, 3.05) is 0 Å². The van der Waals surface area contributed by atoms with Crippen LogP contribution in [0.2, 0.25) is 0 Å². The topological polar surface area (TPSA) is 38.1 Å². The first-order valence-corrected chi connectivity index (χ1v) is 7.10. The fourth-order valence-electron chi connectivity index (χ4n) is 2.92. The van der Waals surface area contributed by atoms with Crippen molar-refractivity contribution in [3.8, 4) is 0 Å². The van der Waals surface area contributed by atoms with Crippen LogP contribution in [0.15, 0.2) is 30.3 Å². The highest BCUT2D eigenvalue weighted by atomic mass is 16.3. The summed E-state index contributed by atoms with van der Waals surface area (Å²) < 4.78 is 2.33. The van der Waals surface area contributed by atoms with E-state index in [-0.39, 0.29) is 6.61 Å². The van der Waals surface area contributed by atoms with Crippen LogP contribution in [0.25, 0.3) is 0 Å². The van der Waals surface area contributed by atoms with Crippen LogP contribution < -0.4 is 0 Å². The fourth-order valence-corrected chi connectivity index (χ4v) is 2.92. The van der Waals surface area contributed by atoms with Crippen molar-refractivity contribution in [3.63, 3.8) is 0 Å². The van der Waals surface area contributed by atoms with Gasteiger partial charge in [0.25, 0.3) is 0 Å². The molecule has 100 valence electrons. The highest BCUT2D eigenvalue weighted by Gasteiger charge is 2.18. The maximum Gasteiger partial charge on any atom is 0.109 e. The zero-order valence-corrected chi connectivity index (χ0v) is 11.2. The second-order valence-electron chi connectivity index (χ2n) is 5.17. The number of imidazole rings is 1. The standard InChI is InChI=1S/C16H20N2O/c19-12-14-15-8-4-5-11-18(15)16(17-14)10-9-13-6-2-1-3-7-13/h1-3,6-7,19H,4-5,8-12H2. The number of fused-ring (bicyclic) bond motifs is 1. The summed E-state index contributed by atoms with van der Waals surface area (Å²) in [6.45, 7) is 1.13. The van der Waals surface area contributed by atoms with Crippen LogP contribution in [-0.4, -0.2) is 14.7 Å². The Kier molecular flexibility index (Phi) is 3.65. The number of aryl methyl sites for hydroxylation is 2. The van der Waals surface area contributed by atoms with Crippen molar-refractivity contribution in [1.29, 1.82) is 0 Å². The van der Waals surface area contributed by atoms with Crippen molar-refractivity contribution in [1.82, 2.24) is 9.55 Å². The van der Waals surface area contributed by atoms with Crippen LogP contribution in [0.4, 0.5) is 0 Å². The van der Waals surface area contributed by atoms with Crippen molar-refractivity contribution in [2.45, 2.75) is 45.3 Å². The number of benzene rings is 1. The molecule has 3 nitrogen and oxygen atoms in total. The van der Waals surface area contributed by atoms with Gasteiger partial charge in [-0.25, -0.2) is 4.98 Å². The van der Waals surface area contributed by atoms with Crippen LogP contribution in [-0.2, 0) is 32.4 Å². The summed E-state index contributed by atoms with van der Waals surface area (Å²) in [5.74, 6) is 1.14. The van der Waals surface area contributed by atoms with Gasteiger partial charge in [0.05, 0.1) is 12.3 Å². The molecule has 0 amide bonds. The van der Waals surface area contributed by atoms with E-state index in [1.54, 1.807) is 0 Å². The maximum atomic E-state index is 9.42. The van der Waals surface area contributed by atoms with E-state index < -0.39 is 0 Å². The number of hydrogen-bond donors (Lipinski definition) is 1. The van der Waals surface area contributed by atoms with Gasteiger partial charge in [-0.2, -0.15) is 0 Å². The van der Waals surface area contributed by atoms with Crippen LogP contribution in [0, 0.1) is 0 Å². The maximum absolute atomic E-state index is 9.42. The van der Waals surface area contributed by atoms with Crippen molar-refractivity contribution >= 4 is 0 Å². The largest absolute Gasteiger partial charge is 0.390 e. The Hall–Kier alpha value is -1.61. The third-order valence-corrected chi connectivity index (χ3v) is 3.91. The van der Waals surface area contributed by atoms with Gasteiger partial charge in [-0.15, -0.1) is 0 Å². The molecule has 2 aromatic rings. The molecule has 0 atom stereocenters. The minimum atomic E-state index is 0.0701. The van der Waals surface area contributed by atoms with Crippen LogP contribution in [0.5, 0.6) is 0 Å². The molecule has 1 N–H and O–H groups in total. The lowest BCUT2D eigenvalue weighted by atomic mass is 10.1.